The van der Waals surface area contributed by atoms with Crippen molar-refractivity contribution in [1.82, 2.24) is 5.32 Å². The lowest BCUT2D eigenvalue weighted by Crippen LogP contribution is -2.34. The van der Waals surface area contributed by atoms with Crippen molar-refractivity contribution in [2.45, 2.75) is 58.4 Å². The average Bonchev–Trinajstić information content (AvgIpc) is 3.00. The van der Waals surface area contributed by atoms with Gasteiger partial charge in [0.2, 0.25) is 0 Å². The smallest absolute Gasteiger partial charge is 0.122 e. The van der Waals surface area contributed by atoms with Gasteiger partial charge in [-0.2, -0.15) is 0 Å². The highest BCUT2D eigenvalue weighted by molar-refractivity contribution is 5.41. The van der Waals surface area contributed by atoms with Crippen molar-refractivity contribution in [1.29, 1.82) is 0 Å². The third-order valence-electron chi connectivity index (χ3n) is 5.42. The molecule has 1 aliphatic carbocycles. The molecule has 1 aliphatic heterocycles. The first-order valence-corrected chi connectivity index (χ1v) is 8.82. The number of benzene rings is 1. The zero-order chi connectivity index (χ0) is 14.7. The Kier molecular flexibility index (Phi) is 4.84. The lowest BCUT2D eigenvalue weighted by atomic mass is 9.72. The van der Waals surface area contributed by atoms with Crippen molar-refractivity contribution in [2.24, 2.45) is 11.8 Å². The van der Waals surface area contributed by atoms with Crippen LogP contribution in [-0.4, -0.2) is 13.2 Å². The van der Waals surface area contributed by atoms with E-state index in [0.717, 1.165) is 37.2 Å². The van der Waals surface area contributed by atoms with E-state index < -0.39 is 0 Å². The first kappa shape index (κ1) is 14.9. The summed E-state index contributed by atoms with van der Waals surface area (Å²) >= 11 is 0. The zero-order valence-corrected chi connectivity index (χ0v) is 13.5. The fourth-order valence-electron chi connectivity index (χ4n) is 4.32. The summed E-state index contributed by atoms with van der Waals surface area (Å²) < 4.78 is 5.66. The summed E-state index contributed by atoms with van der Waals surface area (Å²) in [5.41, 5.74) is 2.88. The molecule has 1 saturated carbocycles. The van der Waals surface area contributed by atoms with Crippen molar-refractivity contribution >= 4 is 0 Å². The molecule has 3 rings (SSSR count). The third-order valence-corrected chi connectivity index (χ3v) is 5.42. The van der Waals surface area contributed by atoms with Gasteiger partial charge in [0.15, 0.2) is 0 Å². The Morgan fingerprint density at radius 3 is 2.90 bits per heavy atom. The summed E-state index contributed by atoms with van der Waals surface area (Å²) in [5, 5.41) is 3.78. The fraction of sp³-hybridized carbons (Fsp3) is 0.684. The Morgan fingerprint density at radius 1 is 1.24 bits per heavy atom. The molecule has 2 aliphatic rings. The van der Waals surface area contributed by atoms with Crippen LogP contribution in [0.25, 0.3) is 0 Å². The second-order valence-corrected chi connectivity index (χ2v) is 6.62. The molecule has 3 unspecified atom stereocenters. The maximum atomic E-state index is 5.66. The molecule has 0 spiro atoms. The molecule has 1 aromatic rings. The Bertz CT molecular complexity index is 471. The Balaban J connectivity index is 1.86. The molecule has 2 heteroatoms. The van der Waals surface area contributed by atoms with E-state index in [1.807, 2.05) is 0 Å². The van der Waals surface area contributed by atoms with Gasteiger partial charge in [-0.05, 0) is 42.0 Å². The Hall–Kier alpha value is -1.02. The van der Waals surface area contributed by atoms with Crippen molar-refractivity contribution in [3.63, 3.8) is 0 Å². The number of fused-ring (bicyclic) bond motifs is 1. The number of nitrogens with one attached hydrogen (secondary N) is 1. The predicted octanol–water partition coefficient (Wildman–Crippen LogP) is 4.49. The van der Waals surface area contributed by atoms with Crippen molar-refractivity contribution < 1.29 is 4.74 Å². The van der Waals surface area contributed by atoms with Crippen LogP contribution < -0.4 is 10.1 Å². The molecule has 1 N–H and O–H groups in total. The van der Waals surface area contributed by atoms with E-state index in [4.69, 9.17) is 4.74 Å². The molecule has 2 nitrogen and oxygen atoms in total. The standard InChI is InChI=1S/C19H29NO/c1-3-14-7-5-6-8-17(14)19(20-4-2)16-9-10-18-15(13-16)11-12-21-18/h9-10,13-14,17,19-20H,3-8,11-12H2,1-2H3. The Morgan fingerprint density at radius 2 is 2.10 bits per heavy atom. The van der Waals surface area contributed by atoms with Crippen LogP contribution in [0.3, 0.4) is 0 Å². The number of hydrogen-bond donors (Lipinski definition) is 1. The zero-order valence-electron chi connectivity index (χ0n) is 13.5. The first-order chi connectivity index (χ1) is 10.3. The number of rotatable bonds is 5. The van der Waals surface area contributed by atoms with Gasteiger partial charge in [-0.3, -0.25) is 0 Å². The molecule has 21 heavy (non-hydrogen) atoms. The van der Waals surface area contributed by atoms with Gasteiger partial charge >= 0.3 is 0 Å². The maximum absolute atomic E-state index is 5.66. The highest BCUT2D eigenvalue weighted by atomic mass is 16.5. The van der Waals surface area contributed by atoms with Crippen LogP contribution >= 0.6 is 0 Å². The fourth-order valence-corrected chi connectivity index (χ4v) is 4.32. The van der Waals surface area contributed by atoms with Crippen LogP contribution in [0.1, 0.15) is 63.1 Å². The minimum Gasteiger partial charge on any atom is -0.493 e. The third kappa shape index (κ3) is 3.11. The summed E-state index contributed by atoms with van der Waals surface area (Å²) in [5.74, 6) is 2.78. The minimum atomic E-state index is 0.520. The predicted molar refractivity (Wildman–Crippen MR) is 87.8 cm³/mol. The molecule has 1 fully saturated rings. The Labute approximate surface area is 129 Å². The maximum Gasteiger partial charge on any atom is 0.122 e. The molecule has 116 valence electrons. The average molecular weight is 287 g/mol. The highest BCUT2D eigenvalue weighted by Crippen LogP contribution is 2.41. The van der Waals surface area contributed by atoms with Gasteiger partial charge in [-0.25, -0.2) is 0 Å². The largest absolute Gasteiger partial charge is 0.493 e. The molecule has 3 atom stereocenters. The second-order valence-electron chi connectivity index (χ2n) is 6.62. The monoisotopic (exact) mass is 287 g/mol. The van der Waals surface area contributed by atoms with E-state index in [1.54, 1.807) is 0 Å². The van der Waals surface area contributed by atoms with Gasteiger partial charge in [0, 0.05) is 12.5 Å². The van der Waals surface area contributed by atoms with Crippen LogP contribution in [0.5, 0.6) is 5.75 Å². The highest BCUT2D eigenvalue weighted by Gasteiger charge is 2.31. The van der Waals surface area contributed by atoms with Crippen molar-refractivity contribution in [3.05, 3.63) is 29.3 Å². The summed E-state index contributed by atoms with van der Waals surface area (Å²) in [6, 6.07) is 7.40. The second kappa shape index (κ2) is 6.83. The van der Waals surface area contributed by atoms with Gasteiger partial charge in [0.1, 0.15) is 5.75 Å². The van der Waals surface area contributed by atoms with E-state index >= 15 is 0 Å². The summed E-state index contributed by atoms with van der Waals surface area (Å²) in [6.45, 7) is 6.49. The molecule has 0 bridgehead atoms. The molecule has 0 amide bonds. The normalized spacial score (nSPS) is 26.2. The number of hydrogen-bond acceptors (Lipinski definition) is 2. The van der Waals surface area contributed by atoms with Crippen LogP contribution in [0.15, 0.2) is 18.2 Å². The molecule has 0 aromatic heterocycles. The molecular formula is C19H29NO. The molecule has 1 heterocycles. The summed E-state index contributed by atoms with van der Waals surface area (Å²) in [7, 11) is 0. The lowest BCUT2D eigenvalue weighted by Gasteiger charge is -2.37. The van der Waals surface area contributed by atoms with Gasteiger partial charge in [0.25, 0.3) is 0 Å². The lowest BCUT2D eigenvalue weighted by molar-refractivity contribution is 0.176. The van der Waals surface area contributed by atoms with E-state index in [0.29, 0.717) is 6.04 Å². The van der Waals surface area contributed by atoms with Gasteiger partial charge in [0.05, 0.1) is 6.61 Å². The van der Waals surface area contributed by atoms with Crippen molar-refractivity contribution in [3.8, 4) is 5.75 Å². The van der Waals surface area contributed by atoms with Gasteiger partial charge in [-0.15, -0.1) is 0 Å². The minimum absolute atomic E-state index is 0.520. The topological polar surface area (TPSA) is 21.3 Å². The van der Waals surface area contributed by atoms with Crippen LogP contribution in [0.4, 0.5) is 0 Å². The molecule has 0 radical (unpaired) electrons. The van der Waals surface area contributed by atoms with Crippen LogP contribution in [-0.2, 0) is 6.42 Å². The van der Waals surface area contributed by atoms with Crippen LogP contribution in [0.2, 0.25) is 0 Å². The molecule has 1 aromatic carbocycles. The van der Waals surface area contributed by atoms with Crippen molar-refractivity contribution in [2.75, 3.05) is 13.2 Å². The van der Waals surface area contributed by atoms with E-state index in [-0.39, 0.29) is 0 Å². The van der Waals surface area contributed by atoms with Gasteiger partial charge in [-0.1, -0.05) is 51.7 Å². The van der Waals surface area contributed by atoms with E-state index in [1.165, 1.54) is 43.2 Å². The summed E-state index contributed by atoms with van der Waals surface area (Å²) in [6.07, 6.45) is 8.01. The van der Waals surface area contributed by atoms with Crippen LogP contribution in [0, 0.1) is 11.8 Å². The summed E-state index contributed by atoms with van der Waals surface area (Å²) in [4.78, 5) is 0. The quantitative estimate of drug-likeness (QED) is 0.861. The molecular weight excluding hydrogens is 258 g/mol. The van der Waals surface area contributed by atoms with E-state index in [2.05, 4.69) is 37.4 Å². The molecule has 0 saturated heterocycles. The van der Waals surface area contributed by atoms with Gasteiger partial charge < -0.3 is 10.1 Å². The first-order valence-electron chi connectivity index (χ1n) is 8.82. The number of ether oxygens (including phenoxy) is 1. The SMILES string of the molecule is CCNC(c1ccc2c(c1)CCO2)C1CCCCC1CC. The van der Waals surface area contributed by atoms with E-state index in [9.17, 15) is 0 Å².